The highest BCUT2D eigenvalue weighted by molar-refractivity contribution is 7.99. The van der Waals surface area contributed by atoms with E-state index in [9.17, 15) is 9.59 Å². The van der Waals surface area contributed by atoms with Gasteiger partial charge in [0.2, 0.25) is 5.91 Å². The van der Waals surface area contributed by atoms with Crippen LogP contribution in [-0.4, -0.2) is 41.1 Å². The number of aromatic carboxylic acids is 1. The second-order valence-electron chi connectivity index (χ2n) is 4.07. The molecule has 5 nitrogen and oxygen atoms in total. The second-order valence-corrected chi connectivity index (χ2v) is 5.65. The number of amides is 1. The van der Waals surface area contributed by atoms with E-state index in [0.717, 1.165) is 12.3 Å². The van der Waals surface area contributed by atoms with Crippen molar-refractivity contribution in [3.63, 3.8) is 0 Å². The van der Waals surface area contributed by atoms with Gasteiger partial charge >= 0.3 is 5.97 Å². The second kappa shape index (κ2) is 6.27. The molecule has 7 heteroatoms. The maximum absolute atomic E-state index is 12.0. The molecule has 1 aromatic carbocycles. The van der Waals surface area contributed by atoms with Crippen molar-refractivity contribution in [2.24, 2.45) is 0 Å². The lowest BCUT2D eigenvalue weighted by atomic mass is 10.1. The number of hydrogen-bond acceptors (Lipinski definition) is 4. The average Bonchev–Trinajstić information content (AvgIpc) is 2.41. The highest BCUT2D eigenvalue weighted by atomic mass is 35.5. The Labute approximate surface area is 119 Å². The highest BCUT2D eigenvalue weighted by Gasteiger charge is 2.22. The number of anilines is 1. The first kappa shape index (κ1) is 14.2. The Balaban J connectivity index is 2.13. The van der Waals surface area contributed by atoms with Gasteiger partial charge in [0.25, 0.3) is 0 Å². The number of carboxylic acid groups (broad SMARTS) is 1. The lowest BCUT2D eigenvalue weighted by Gasteiger charge is -2.22. The fraction of sp³-hybridized carbons (Fsp3) is 0.333. The van der Waals surface area contributed by atoms with E-state index in [1.54, 1.807) is 17.8 Å². The molecule has 1 aliphatic rings. The van der Waals surface area contributed by atoms with Gasteiger partial charge in [0.1, 0.15) is 0 Å². The molecule has 1 fully saturated rings. The lowest BCUT2D eigenvalue weighted by Crippen LogP contribution is -2.46. The third kappa shape index (κ3) is 3.62. The van der Waals surface area contributed by atoms with Crippen molar-refractivity contribution < 1.29 is 14.7 Å². The predicted molar refractivity (Wildman–Crippen MR) is 76.2 cm³/mol. The van der Waals surface area contributed by atoms with Crippen LogP contribution in [0.15, 0.2) is 18.2 Å². The number of hydrogen-bond donors (Lipinski definition) is 3. The SMILES string of the molecule is O=C(O)c1cc(Cl)ccc1NC(=O)C1CSCCN1. The first-order chi connectivity index (χ1) is 9.08. The van der Waals surface area contributed by atoms with Crippen molar-refractivity contribution in [2.75, 3.05) is 23.4 Å². The minimum absolute atomic E-state index is 0.00990. The van der Waals surface area contributed by atoms with Crippen LogP contribution in [-0.2, 0) is 4.79 Å². The topological polar surface area (TPSA) is 78.4 Å². The Bertz CT molecular complexity index is 504. The van der Waals surface area contributed by atoms with Crippen LogP contribution < -0.4 is 10.6 Å². The van der Waals surface area contributed by atoms with Crippen LogP contribution in [0.3, 0.4) is 0 Å². The third-order valence-electron chi connectivity index (χ3n) is 2.71. The molecule has 0 radical (unpaired) electrons. The predicted octanol–water partition coefficient (Wildman–Crippen LogP) is 1.68. The molecule has 1 unspecified atom stereocenters. The van der Waals surface area contributed by atoms with Crippen molar-refractivity contribution in [1.29, 1.82) is 0 Å². The van der Waals surface area contributed by atoms with Gasteiger partial charge in [0.15, 0.2) is 0 Å². The van der Waals surface area contributed by atoms with Crippen LogP contribution in [0, 0.1) is 0 Å². The zero-order valence-electron chi connectivity index (χ0n) is 9.98. The van der Waals surface area contributed by atoms with Crippen LogP contribution in [0.5, 0.6) is 0 Å². The van der Waals surface area contributed by atoms with Crippen molar-refractivity contribution in [3.05, 3.63) is 28.8 Å². The van der Waals surface area contributed by atoms with Crippen LogP contribution in [0.1, 0.15) is 10.4 Å². The zero-order chi connectivity index (χ0) is 13.8. The van der Waals surface area contributed by atoms with Gasteiger partial charge in [-0.1, -0.05) is 11.6 Å². The fourth-order valence-corrected chi connectivity index (χ4v) is 2.86. The summed E-state index contributed by atoms with van der Waals surface area (Å²) in [7, 11) is 0. The normalized spacial score (nSPS) is 18.9. The molecule has 0 bridgehead atoms. The largest absolute Gasteiger partial charge is 0.478 e. The summed E-state index contributed by atoms with van der Waals surface area (Å²) < 4.78 is 0. The van der Waals surface area contributed by atoms with Gasteiger partial charge in [-0.3, -0.25) is 4.79 Å². The summed E-state index contributed by atoms with van der Waals surface area (Å²) in [5.74, 6) is 0.313. The molecule has 3 N–H and O–H groups in total. The van der Waals surface area contributed by atoms with Gasteiger partial charge in [-0.25, -0.2) is 4.79 Å². The van der Waals surface area contributed by atoms with E-state index in [0.29, 0.717) is 10.8 Å². The Morgan fingerprint density at radius 1 is 1.47 bits per heavy atom. The van der Waals surface area contributed by atoms with Gasteiger partial charge in [-0.05, 0) is 18.2 Å². The Kier molecular flexibility index (Phi) is 4.68. The Morgan fingerprint density at radius 3 is 2.89 bits per heavy atom. The number of carboxylic acids is 1. The van der Waals surface area contributed by atoms with Gasteiger partial charge in [0, 0.05) is 23.1 Å². The summed E-state index contributed by atoms with van der Waals surface area (Å²) in [4.78, 5) is 23.1. The van der Waals surface area contributed by atoms with Gasteiger partial charge in [-0.15, -0.1) is 0 Å². The number of benzene rings is 1. The summed E-state index contributed by atoms with van der Waals surface area (Å²) in [5, 5.41) is 15.1. The van der Waals surface area contributed by atoms with Crippen LogP contribution in [0.4, 0.5) is 5.69 Å². The third-order valence-corrected chi connectivity index (χ3v) is 4.00. The summed E-state index contributed by atoms with van der Waals surface area (Å²) >= 11 is 7.45. The summed E-state index contributed by atoms with van der Waals surface area (Å²) in [6.07, 6.45) is 0. The molecule has 0 aromatic heterocycles. The summed E-state index contributed by atoms with van der Waals surface area (Å²) in [6, 6.07) is 4.07. The molecule has 1 amide bonds. The molecule has 1 aromatic rings. The van der Waals surface area contributed by atoms with Gasteiger partial charge < -0.3 is 15.7 Å². The number of nitrogens with one attached hydrogen (secondary N) is 2. The fourth-order valence-electron chi connectivity index (χ4n) is 1.76. The zero-order valence-corrected chi connectivity index (χ0v) is 11.6. The number of carbonyl (C=O) groups excluding carboxylic acids is 1. The van der Waals surface area contributed by atoms with Crippen LogP contribution in [0.2, 0.25) is 5.02 Å². The van der Waals surface area contributed by atoms with E-state index >= 15 is 0 Å². The monoisotopic (exact) mass is 300 g/mol. The maximum atomic E-state index is 12.0. The number of thioether (sulfide) groups is 1. The molecule has 0 saturated carbocycles. The van der Waals surface area contributed by atoms with E-state index in [1.807, 2.05) is 0 Å². The first-order valence-corrected chi connectivity index (χ1v) is 7.26. The number of rotatable bonds is 3. The first-order valence-electron chi connectivity index (χ1n) is 5.73. The van der Waals surface area contributed by atoms with Crippen molar-refractivity contribution in [1.82, 2.24) is 5.32 Å². The molecule has 0 aliphatic carbocycles. The molecular weight excluding hydrogens is 288 g/mol. The molecular formula is C12H13ClN2O3S. The molecule has 1 atom stereocenters. The summed E-state index contributed by atoms with van der Waals surface area (Å²) in [6.45, 7) is 0.773. The molecule has 0 spiro atoms. The van der Waals surface area contributed by atoms with E-state index in [4.69, 9.17) is 16.7 Å². The van der Waals surface area contributed by atoms with E-state index in [-0.39, 0.29) is 23.2 Å². The molecule has 1 aliphatic heterocycles. The lowest BCUT2D eigenvalue weighted by molar-refractivity contribution is -0.117. The smallest absolute Gasteiger partial charge is 0.337 e. The van der Waals surface area contributed by atoms with E-state index < -0.39 is 5.97 Å². The molecule has 1 saturated heterocycles. The van der Waals surface area contributed by atoms with E-state index in [2.05, 4.69) is 10.6 Å². The van der Waals surface area contributed by atoms with Crippen LogP contribution in [0.25, 0.3) is 0 Å². The quantitative estimate of drug-likeness (QED) is 0.791. The summed E-state index contributed by atoms with van der Waals surface area (Å²) in [5.41, 5.74) is 0.253. The van der Waals surface area contributed by atoms with Gasteiger partial charge in [-0.2, -0.15) is 11.8 Å². The average molecular weight is 301 g/mol. The van der Waals surface area contributed by atoms with E-state index in [1.165, 1.54) is 12.1 Å². The molecule has 19 heavy (non-hydrogen) atoms. The Morgan fingerprint density at radius 2 is 2.26 bits per heavy atom. The Hall–Kier alpha value is -1.24. The molecule has 2 rings (SSSR count). The maximum Gasteiger partial charge on any atom is 0.337 e. The number of carbonyl (C=O) groups is 2. The van der Waals surface area contributed by atoms with Crippen molar-refractivity contribution >= 4 is 40.9 Å². The van der Waals surface area contributed by atoms with Crippen molar-refractivity contribution in [2.45, 2.75) is 6.04 Å². The number of halogens is 1. The highest BCUT2D eigenvalue weighted by Crippen LogP contribution is 2.21. The molecule has 1 heterocycles. The van der Waals surface area contributed by atoms with Gasteiger partial charge in [0.05, 0.1) is 17.3 Å². The molecule has 102 valence electrons. The van der Waals surface area contributed by atoms with Crippen molar-refractivity contribution in [3.8, 4) is 0 Å². The standard InChI is InChI=1S/C12H13ClN2O3S/c13-7-1-2-9(8(5-7)12(17)18)15-11(16)10-6-19-4-3-14-10/h1-2,5,10,14H,3-4,6H2,(H,15,16)(H,17,18). The van der Waals surface area contributed by atoms with Crippen LogP contribution >= 0.6 is 23.4 Å². The minimum atomic E-state index is -1.12. The minimum Gasteiger partial charge on any atom is -0.478 e.